The number of hydrogen-bond acceptors (Lipinski definition) is 5. The van der Waals surface area contributed by atoms with Gasteiger partial charge in [0.2, 0.25) is 0 Å². The number of pyridine rings is 1. The third-order valence-electron chi connectivity index (χ3n) is 4.24. The molecule has 0 N–H and O–H groups in total. The van der Waals surface area contributed by atoms with Gasteiger partial charge in [0.25, 0.3) is 5.91 Å². The zero-order valence-electron chi connectivity index (χ0n) is 13.6. The van der Waals surface area contributed by atoms with Gasteiger partial charge in [-0.3, -0.25) is 9.78 Å². The molecule has 1 amide bonds. The van der Waals surface area contributed by atoms with Crippen molar-refractivity contribution in [2.45, 2.75) is 13.1 Å². The molecule has 0 saturated heterocycles. The molecule has 128 valence electrons. The first-order chi connectivity index (χ1) is 12.3. The standard InChI is InChI=1S/C18H18N4O3/c23-18(15-3-7-24-13-15)22-10-14(9-21-6-5-20-17(21)11-22)12-25-16-2-1-4-19-8-16/h1-8,13-14H,9-12H2/t14-/m1/s1. The number of nitrogens with zero attached hydrogens (tertiary/aromatic N) is 4. The van der Waals surface area contributed by atoms with E-state index in [0.29, 0.717) is 25.3 Å². The summed E-state index contributed by atoms with van der Waals surface area (Å²) in [5, 5.41) is 0. The van der Waals surface area contributed by atoms with Crippen molar-refractivity contribution in [3.63, 3.8) is 0 Å². The summed E-state index contributed by atoms with van der Waals surface area (Å²) in [6.07, 6.45) is 10.1. The molecule has 0 fully saturated rings. The maximum Gasteiger partial charge on any atom is 0.257 e. The van der Waals surface area contributed by atoms with Gasteiger partial charge in [0.15, 0.2) is 0 Å². The van der Waals surface area contributed by atoms with Gasteiger partial charge in [0.05, 0.1) is 31.2 Å². The van der Waals surface area contributed by atoms with Gasteiger partial charge in [-0.1, -0.05) is 0 Å². The first kappa shape index (κ1) is 15.4. The first-order valence-electron chi connectivity index (χ1n) is 8.14. The van der Waals surface area contributed by atoms with Crippen molar-refractivity contribution in [1.29, 1.82) is 0 Å². The summed E-state index contributed by atoms with van der Waals surface area (Å²) in [7, 11) is 0. The van der Waals surface area contributed by atoms with E-state index in [1.807, 2.05) is 18.3 Å². The molecule has 0 spiro atoms. The molecule has 4 rings (SSSR count). The fraction of sp³-hybridized carbons (Fsp3) is 0.278. The molecule has 0 radical (unpaired) electrons. The zero-order chi connectivity index (χ0) is 17.1. The molecule has 1 aliphatic heterocycles. The van der Waals surface area contributed by atoms with Crippen molar-refractivity contribution in [3.05, 3.63) is 66.9 Å². The van der Waals surface area contributed by atoms with Crippen LogP contribution in [0.2, 0.25) is 0 Å². The predicted octanol–water partition coefficient (Wildman–Crippen LogP) is 2.22. The molecule has 25 heavy (non-hydrogen) atoms. The van der Waals surface area contributed by atoms with Crippen molar-refractivity contribution in [2.24, 2.45) is 5.92 Å². The summed E-state index contributed by atoms with van der Waals surface area (Å²) in [5.41, 5.74) is 0.548. The number of ether oxygens (including phenoxy) is 1. The normalized spacial score (nSPS) is 17.0. The Morgan fingerprint density at radius 1 is 1.32 bits per heavy atom. The summed E-state index contributed by atoms with van der Waals surface area (Å²) >= 11 is 0. The highest BCUT2D eigenvalue weighted by atomic mass is 16.5. The number of hydrogen-bond donors (Lipinski definition) is 0. The Morgan fingerprint density at radius 3 is 3.08 bits per heavy atom. The highest BCUT2D eigenvalue weighted by Gasteiger charge is 2.27. The molecule has 7 nitrogen and oxygen atoms in total. The van der Waals surface area contributed by atoms with Gasteiger partial charge >= 0.3 is 0 Å². The molecule has 3 aromatic rings. The fourth-order valence-corrected chi connectivity index (χ4v) is 3.02. The highest BCUT2D eigenvalue weighted by Crippen LogP contribution is 2.19. The van der Waals surface area contributed by atoms with E-state index < -0.39 is 0 Å². The van der Waals surface area contributed by atoms with Crippen LogP contribution in [0.15, 0.2) is 59.9 Å². The Kier molecular flexibility index (Phi) is 4.20. The number of furan rings is 1. The molecule has 3 aromatic heterocycles. The number of carbonyl (C=O) groups is 1. The minimum Gasteiger partial charge on any atom is -0.492 e. The van der Waals surface area contributed by atoms with Crippen molar-refractivity contribution in [3.8, 4) is 5.75 Å². The third-order valence-corrected chi connectivity index (χ3v) is 4.24. The highest BCUT2D eigenvalue weighted by molar-refractivity contribution is 5.93. The van der Waals surface area contributed by atoms with Crippen molar-refractivity contribution in [1.82, 2.24) is 19.4 Å². The maximum atomic E-state index is 12.7. The lowest BCUT2D eigenvalue weighted by atomic mass is 10.1. The van der Waals surface area contributed by atoms with E-state index in [2.05, 4.69) is 14.5 Å². The fourth-order valence-electron chi connectivity index (χ4n) is 3.02. The monoisotopic (exact) mass is 338 g/mol. The van der Waals surface area contributed by atoms with E-state index in [-0.39, 0.29) is 11.8 Å². The van der Waals surface area contributed by atoms with Gasteiger partial charge in [-0.2, -0.15) is 0 Å². The van der Waals surface area contributed by atoms with Crippen LogP contribution < -0.4 is 4.74 Å². The lowest BCUT2D eigenvalue weighted by molar-refractivity contribution is 0.0699. The van der Waals surface area contributed by atoms with Crippen molar-refractivity contribution in [2.75, 3.05) is 13.2 Å². The molecule has 0 unspecified atom stereocenters. The van der Waals surface area contributed by atoms with E-state index in [4.69, 9.17) is 9.15 Å². The van der Waals surface area contributed by atoms with E-state index in [0.717, 1.165) is 18.1 Å². The molecule has 0 aromatic carbocycles. The molecule has 7 heteroatoms. The minimum atomic E-state index is -0.0587. The Hall–Kier alpha value is -3.09. The van der Waals surface area contributed by atoms with Gasteiger partial charge in [0.1, 0.15) is 17.8 Å². The lowest BCUT2D eigenvalue weighted by Gasteiger charge is -2.23. The van der Waals surface area contributed by atoms with Crippen LogP contribution in [-0.4, -0.2) is 38.5 Å². The number of rotatable bonds is 4. The van der Waals surface area contributed by atoms with Crippen LogP contribution in [0.5, 0.6) is 5.75 Å². The van der Waals surface area contributed by atoms with E-state index >= 15 is 0 Å². The molecule has 0 bridgehead atoms. The number of carbonyl (C=O) groups excluding carboxylic acids is 1. The van der Waals surface area contributed by atoms with Crippen LogP contribution in [0.25, 0.3) is 0 Å². The van der Waals surface area contributed by atoms with E-state index in [1.165, 1.54) is 12.5 Å². The second kappa shape index (κ2) is 6.80. The van der Waals surface area contributed by atoms with Gasteiger partial charge in [-0.05, 0) is 18.2 Å². The third kappa shape index (κ3) is 3.40. The lowest BCUT2D eigenvalue weighted by Crippen LogP contribution is -2.35. The number of amides is 1. The molecule has 4 heterocycles. The molecule has 0 aliphatic carbocycles. The molecular weight excluding hydrogens is 320 g/mol. The molecule has 1 aliphatic rings. The van der Waals surface area contributed by atoms with Crippen LogP contribution in [-0.2, 0) is 13.1 Å². The number of imidazole rings is 1. The predicted molar refractivity (Wildman–Crippen MR) is 88.9 cm³/mol. The maximum absolute atomic E-state index is 12.7. The van der Waals surface area contributed by atoms with E-state index in [9.17, 15) is 4.79 Å². The van der Waals surface area contributed by atoms with Gasteiger partial charge < -0.3 is 18.6 Å². The average molecular weight is 338 g/mol. The van der Waals surface area contributed by atoms with Crippen molar-refractivity contribution >= 4 is 5.91 Å². The number of aromatic nitrogens is 3. The van der Waals surface area contributed by atoms with Gasteiger partial charge in [-0.25, -0.2) is 4.98 Å². The summed E-state index contributed by atoms with van der Waals surface area (Å²) in [5.74, 6) is 1.69. The van der Waals surface area contributed by atoms with Crippen LogP contribution in [0.1, 0.15) is 16.2 Å². The summed E-state index contributed by atoms with van der Waals surface area (Å²) in [4.78, 5) is 23.0. The smallest absolute Gasteiger partial charge is 0.257 e. The second-order valence-corrected chi connectivity index (χ2v) is 6.06. The largest absolute Gasteiger partial charge is 0.492 e. The van der Waals surface area contributed by atoms with Crippen LogP contribution in [0.3, 0.4) is 0 Å². The Balaban J connectivity index is 1.52. The van der Waals surface area contributed by atoms with Crippen LogP contribution in [0.4, 0.5) is 0 Å². The molecule has 1 atom stereocenters. The van der Waals surface area contributed by atoms with Crippen LogP contribution >= 0.6 is 0 Å². The summed E-state index contributed by atoms with van der Waals surface area (Å²) < 4.78 is 13.0. The quantitative estimate of drug-likeness (QED) is 0.729. The molecule has 0 saturated carbocycles. The minimum absolute atomic E-state index is 0.0587. The average Bonchev–Trinajstić information content (AvgIpc) is 3.29. The first-order valence-corrected chi connectivity index (χ1v) is 8.14. The summed E-state index contributed by atoms with van der Waals surface area (Å²) in [6, 6.07) is 5.40. The Bertz CT molecular complexity index is 829. The zero-order valence-corrected chi connectivity index (χ0v) is 13.6. The Morgan fingerprint density at radius 2 is 2.28 bits per heavy atom. The topological polar surface area (TPSA) is 73.4 Å². The summed E-state index contributed by atoms with van der Waals surface area (Å²) in [6.45, 7) is 2.32. The molecular formula is C18H18N4O3. The van der Waals surface area contributed by atoms with Gasteiger partial charge in [0, 0.05) is 37.6 Å². The van der Waals surface area contributed by atoms with E-state index in [1.54, 1.807) is 29.6 Å². The Labute approximate surface area is 144 Å². The second-order valence-electron chi connectivity index (χ2n) is 6.06. The van der Waals surface area contributed by atoms with Crippen LogP contribution in [0, 0.1) is 5.92 Å². The van der Waals surface area contributed by atoms with Gasteiger partial charge in [-0.15, -0.1) is 0 Å². The number of fused-ring (bicyclic) bond motifs is 1. The van der Waals surface area contributed by atoms with Crippen molar-refractivity contribution < 1.29 is 13.9 Å². The SMILES string of the molecule is O=C(c1ccoc1)N1Cc2nccn2C[C@@H](COc2cccnc2)C1.